The summed E-state index contributed by atoms with van der Waals surface area (Å²) in [5, 5.41) is 3.31. The van der Waals surface area contributed by atoms with Crippen molar-refractivity contribution in [2.75, 3.05) is 19.7 Å². The molecule has 0 aromatic heterocycles. The summed E-state index contributed by atoms with van der Waals surface area (Å²) in [5.74, 6) is 3.39. The molecule has 1 amide bonds. The highest BCUT2D eigenvalue weighted by Gasteiger charge is 2.37. The van der Waals surface area contributed by atoms with Gasteiger partial charge >= 0.3 is 6.09 Å². The van der Waals surface area contributed by atoms with E-state index in [1.807, 2.05) is 24.3 Å². The van der Waals surface area contributed by atoms with Crippen molar-refractivity contribution in [3.63, 3.8) is 0 Å². The number of hydrogen-bond acceptors (Lipinski definition) is 4. The van der Waals surface area contributed by atoms with Crippen LogP contribution in [0.4, 0.5) is 4.79 Å². The monoisotopic (exact) mass is 413 g/mol. The SMILES string of the molecule is C#Cc1ccc(C2CNC([C@@H]3CCCN3C(=O)OCC(Cl)(Cl)Cl)=N2)cc1. The number of rotatable bonds is 3. The largest absolute Gasteiger partial charge is 0.445 e. The number of carbonyl (C=O) groups excluding carboxylic acids is 1. The normalized spacial score (nSPS) is 22.5. The standard InChI is InChI=1S/C18H18Cl3N3O2/c1-2-12-5-7-13(8-6-12)14-10-22-16(23-14)15-4-3-9-24(15)17(25)26-11-18(19,20)21/h1,5-8,14-15H,3-4,9-11H2,(H,22,23)/t14?,15-/m0/s1. The van der Waals surface area contributed by atoms with Gasteiger partial charge in [0.05, 0.1) is 12.1 Å². The van der Waals surface area contributed by atoms with Crippen molar-refractivity contribution in [3.05, 3.63) is 35.4 Å². The molecule has 0 radical (unpaired) electrons. The third-order valence-electron chi connectivity index (χ3n) is 4.40. The number of terminal acetylenes is 1. The molecule has 1 unspecified atom stereocenters. The van der Waals surface area contributed by atoms with E-state index in [0.29, 0.717) is 13.1 Å². The van der Waals surface area contributed by atoms with Gasteiger partial charge in [0.2, 0.25) is 3.79 Å². The minimum atomic E-state index is -1.62. The molecule has 1 aromatic rings. The van der Waals surface area contributed by atoms with Crippen LogP contribution in [0.25, 0.3) is 0 Å². The number of amides is 1. The molecule has 26 heavy (non-hydrogen) atoms. The van der Waals surface area contributed by atoms with E-state index >= 15 is 0 Å². The number of nitrogens with zero attached hydrogens (tertiary/aromatic N) is 2. The van der Waals surface area contributed by atoms with Gasteiger partial charge in [0.25, 0.3) is 0 Å². The first-order chi connectivity index (χ1) is 12.4. The zero-order valence-electron chi connectivity index (χ0n) is 13.9. The minimum Gasteiger partial charge on any atom is -0.445 e. The third-order valence-corrected chi connectivity index (χ3v) is 4.72. The van der Waals surface area contributed by atoms with E-state index in [9.17, 15) is 4.79 Å². The maximum absolute atomic E-state index is 12.3. The van der Waals surface area contributed by atoms with Gasteiger partial charge in [-0.3, -0.25) is 9.89 Å². The van der Waals surface area contributed by atoms with E-state index < -0.39 is 9.89 Å². The molecule has 3 rings (SSSR count). The number of aliphatic imine (C=N–C) groups is 1. The molecule has 2 aliphatic heterocycles. The van der Waals surface area contributed by atoms with Crippen LogP contribution in [0.5, 0.6) is 0 Å². The third kappa shape index (κ3) is 4.56. The smallest absolute Gasteiger partial charge is 0.410 e. The number of benzene rings is 1. The molecule has 0 spiro atoms. The van der Waals surface area contributed by atoms with Crippen LogP contribution in [0.15, 0.2) is 29.3 Å². The molecule has 2 aliphatic rings. The Morgan fingerprint density at radius 3 is 2.77 bits per heavy atom. The maximum atomic E-state index is 12.3. The molecule has 1 aromatic carbocycles. The summed E-state index contributed by atoms with van der Waals surface area (Å²) in [6, 6.07) is 7.62. The Morgan fingerprint density at radius 2 is 2.12 bits per heavy atom. The van der Waals surface area contributed by atoms with Gasteiger partial charge in [0.1, 0.15) is 12.4 Å². The Labute approximate surface area is 167 Å². The predicted molar refractivity (Wildman–Crippen MR) is 104 cm³/mol. The lowest BCUT2D eigenvalue weighted by molar-refractivity contribution is 0.107. The van der Waals surface area contributed by atoms with Crippen LogP contribution in [0.1, 0.15) is 30.0 Å². The quantitative estimate of drug-likeness (QED) is 0.606. The molecule has 0 bridgehead atoms. The molecular formula is C18H18Cl3N3O2. The average Bonchev–Trinajstić information content (AvgIpc) is 3.28. The Kier molecular flexibility index (Phi) is 5.86. The first-order valence-electron chi connectivity index (χ1n) is 8.25. The van der Waals surface area contributed by atoms with Gasteiger partial charge in [-0.25, -0.2) is 4.79 Å². The van der Waals surface area contributed by atoms with Gasteiger partial charge in [0.15, 0.2) is 0 Å². The number of carbonyl (C=O) groups is 1. The Balaban J connectivity index is 1.67. The van der Waals surface area contributed by atoms with Gasteiger partial charge in [-0.2, -0.15) is 0 Å². The second-order valence-corrected chi connectivity index (χ2v) is 8.71. The van der Waals surface area contributed by atoms with Crippen molar-refractivity contribution in [1.29, 1.82) is 0 Å². The second kappa shape index (κ2) is 7.96. The van der Waals surface area contributed by atoms with E-state index in [0.717, 1.165) is 29.8 Å². The fourth-order valence-corrected chi connectivity index (χ4v) is 3.32. The molecule has 0 saturated carbocycles. The van der Waals surface area contributed by atoms with Crippen molar-refractivity contribution >= 4 is 46.7 Å². The van der Waals surface area contributed by atoms with Crippen molar-refractivity contribution in [1.82, 2.24) is 10.2 Å². The molecule has 1 N–H and O–H groups in total. The summed E-state index contributed by atoms with van der Waals surface area (Å²) in [5.41, 5.74) is 1.91. The molecule has 5 nitrogen and oxygen atoms in total. The first-order valence-corrected chi connectivity index (χ1v) is 9.39. The lowest BCUT2D eigenvalue weighted by atomic mass is 10.1. The highest BCUT2D eigenvalue weighted by Crippen LogP contribution is 2.28. The number of ether oxygens (including phenoxy) is 1. The molecule has 2 heterocycles. The van der Waals surface area contributed by atoms with Crippen molar-refractivity contribution in [2.24, 2.45) is 4.99 Å². The van der Waals surface area contributed by atoms with Crippen LogP contribution in [0.2, 0.25) is 0 Å². The Hall–Kier alpha value is -1.61. The van der Waals surface area contributed by atoms with E-state index in [-0.39, 0.29) is 18.7 Å². The number of hydrogen-bond donors (Lipinski definition) is 1. The molecule has 1 fully saturated rings. The lowest BCUT2D eigenvalue weighted by Crippen LogP contribution is -2.45. The van der Waals surface area contributed by atoms with E-state index in [1.54, 1.807) is 4.90 Å². The van der Waals surface area contributed by atoms with Crippen LogP contribution < -0.4 is 5.32 Å². The zero-order chi connectivity index (χ0) is 18.7. The summed E-state index contributed by atoms with van der Waals surface area (Å²) >= 11 is 16.9. The Bertz CT molecular complexity index is 738. The summed E-state index contributed by atoms with van der Waals surface area (Å²) in [6.45, 7) is 0.980. The van der Waals surface area contributed by atoms with E-state index in [4.69, 9.17) is 51.0 Å². The summed E-state index contributed by atoms with van der Waals surface area (Å²) in [7, 11) is 0. The number of halogens is 3. The fraction of sp³-hybridized carbons (Fsp3) is 0.444. The van der Waals surface area contributed by atoms with Crippen molar-refractivity contribution < 1.29 is 9.53 Å². The van der Waals surface area contributed by atoms with Crippen molar-refractivity contribution in [3.8, 4) is 12.3 Å². The topological polar surface area (TPSA) is 53.9 Å². The van der Waals surface area contributed by atoms with Crippen LogP contribution in [-0.4, -0.2) is 46.4 Å². The van der Waals surface area contributed by atoms with E-state index in [1.165, 1.54) is 0 Å². The highest BCUT2D eigenvalue weighted by atomic mass is 35.6. The molecule has 0 aliphatic carbocycles. The average molecular weight is 415 g/mol. The highest BCUT2D eigenvalue weighted by molar-refractivity contribution is 6.67. The Morgan fingerprint density at radius 1 is 1.38 bits per heavy atom. The number of amidine groups is 1. The fourth-order valence-electron chi connectivity index (χ4n) is 3.15. The number of alkyl halides is 3. The van der Waals surface area contributed by atoms with Gasteiger partial charge < -0.3 is 10.1 Å². The molecule has 1 saturated heterocycles. The van der Waals surface area contributed by atoms with Gasteiger partial charge in [0, 0.05) is 18.7 Å². The first kappa shape index (κ1) is 19.2. The van der Waals surface area contributed by atoms with Gasteiger partial charge in [-0.15, -0.1) is 6.42 Å². The van der Waals surface area contributed by atoms with Crippen molar-refractivity contribution in [2.45, 2.75) is 28.7 Å². The summed E-state index contributed by atoms with van der Waals surface area (Å²) in [4.78, 5) is 18.7. The molecular weight excluding hydrogens is 397 g/mol. The van der Waals surface area contributed by atoms with E-state index in [2.05, 4.69) is 11.2 Å². The zero-order valence-corrected chi connectivity index (χ0v) is 16.2. The number of nitrogens with one attached hydrogen (secondary N) is 1. The summed E-state index contributed by atoms with van der Waals surface area (Å²) in [6.07, 6.45) is 6.58. The second-order valence-electron chi connectivity index (χ2n) is 6.20. The van der Waals surface area contributed by atoms with Crippen LogP contribution in [-0.2, 0) is 4.74 Å². The summed E-state index contributed by atoms with van der Waals surface area (Å²) < 4.78 is 3.49. The predicted octanol–water partition coefficient (Wildman–Crippen LogP) is 3.68. The molecule has 138 valence electrons. The number of likely N-dealkylation sites (tertiary alicyclic amines) is 1. The maximum Gasteiger partial charge on any atom is 0.410 e. The van der Waals surface area contributed by atoms with Gasteiger partial charge in [-0.1, -0.05) is 52.9 Å². The van der Waals surface area contributed by atoms with Crippen LogP contribution >= 0.6 is 34.8 Å². The van der Waals surface area contributed by atoms with Gasteiger partial charge in [-0.05, 0) is 30.5 Å². The molecule has 2 atom stereocenters. The van der Waals surface area contributed by atoms with Crippen LogP contribution in [0.3, 0.4) is 0 Å². The van der Waals surface area contributed by atoms with Crippen LogP contribution in [0, 0.1) is 12.3 Å². The molecule has 8 heteroatoms. The lowest BCUT2D eigenvalue weighted by Gasteiger charge is -2.25. The minimum absolute atomic E-state index is 0.00327.